The van der Waals surface area contributed by atoms with Crippen LogP contribution in [0, 0.1) is 10.1 Å². The predicted molar refractivity (Wildman–Crippen MR) is 63.2 cm³/mol. The number of hydrogen-bond donors (Lipinski definition) is 2. The van der Waals surface area contributed by atoms with Crippen LogP contribution in [0.2, 0.25) is 0 Å². The van der Waals surface area contributed by atoms with Crippen molar-refractivity contribution in [3.63, 3.8) is 0 Å². The van der Waals surface area contributed by atoms with Gasteiger partial charge in [-0.1, -0.05) is 0 Å². The van der Waals surface area contributed by atoms with Gasteiger partial charge < -0.3 is 20.7 Å². The number of hydrogen-bond acceptors (Lipinski definition) is 4. The molecule has 7 nitrogen and oxygen atoms in total. The Balaban J connectivity index is 0.00000144. The molecule has 1 aliphatic rings. The van der Waals surface area contributed by atoms with Crippen LogP contribution in [0.1, 0.15) is 16.9 Å². The molecule has 1 fully saturated rings. The number of carbonyl (C=O) groups excluding carboxylic acids is 1. The van der Waals surface area contributed by atoms with Crippen molar-refractivity contribution in [3.05, 3.63) is 27.9 Å². The summed E-state index contributed by atoms with van der Waals surface area (Å²) in [5.74, 6) is -0.409. The first-order valence-electron chi connectivity index (χ1n) is 4.96. The number of rotatable bonds is 2. The SMILES string of the molecule is Cl.NC1CCN(C(=O)c2ccc([N+](=O)[O-])[nH]2)C1. The van der Waals surface area contributed by atoms with E-state index in [1.54, 1.807) is 4.90 Å². The summed E-state index contributed by atoms with van der Waals surface area (Å²) in [7, 11) is 0. The highest BCUT2D eigenvalue weighted by Gasteiger charge is 2.27. The highest BCUT2D eigenvalue weighted by Crippen LogP contribution is 2.15. The van der Waals surface area contributed by atoms with Gasteiger partial charge in [-0.25, -0.2) is 4.98 Å². The molecule has 0 aromatic carbocycles. The van der Waals surface area contributed by atoms with Crippen molar-refractivity contribution in [2.45, 2.75) is 12.5 Å². The molecule has 0 spiro atoms. The maximum Gasteiger partial charge on any atom is 0.321 e. The molecule has 0 bridgehead atoms. The van der Waals surface area contributed by atoms with Crippen molar-refractivity contribution in [3.8, 4) is 0 Å². The second-order valence-electron chi connectivity index (χ2n) is 3.81. The molecule has 8 heteroatoms. The number of nitrogens with zero attached hydrogens (tertiary/aromatic N) is 2. The Morgan fingerprint density at radius 3 is 2.76 bits per heavy atom. The van der Waals surface area contributed by atoms with Crippen molar-refractivity contribution in [2.24, 2.45) is 5.73 Å². The van der Waals surface area contributed by atoms with Gasteiger partial charge in [-0.2, -0.15) is 0 Å². The van der Waals surface area contributed by atoms with E-state index >= 15 is 0 Å². The van der Waals surface area contributed by atoms with Crippen molar-refractivity contribution >= 4 is 24.1 Å². The molecule has 1 unspecified atom stereocenters. The van der Waals surface area contributed by atoms with E-state index < -0.39 is 4.92 Å². The minimum absolute atomic E-state index is 0. The lowest BCUT2D eigenvalue weighted by Gasteiger charge is -2.12. The average molecular weight is 261 g/mol. The molecule has 0 aliphatic carbocycles. The highest BCUT2D eigenvalue weighted by atomic mass is 35.5. The molecular formula is C9H13ClN4O3. The number of aromatic nitrogens is 1. The zero-order chi connectivity index (χ0) is 11.7. The summed E-state index contributed by atoms with van der Waals surface area (Å²) in [6.07, 6.45) is 0.772. The Kier molecular flexibility index (Phi) is 4.08. The molecule has 0 radical (unpaired) electrons. The van der Waals surface area contributed by atoms with E-state index in [4.69, 9.17) is 5.73 Å². The smallest absolute Gasteiger partial charge is 0.321 e. The molecule has 94 valence electrons. The van der Waals surface area contributed by atoms with Crippen LogP contribution in [-0.2, 0) is 0 Å². The predicted octanol–water partition coefficient (Wildman–Crippen LogP) is 0.518. The summed E-state index contributed by atoms with van der Waals surface area (Å²) < 4.78 is 0. The molecular weight excluding hydrogens is 248 g/mol. The molecule has 3 N–H and O–H groups in total. The summed E-state index contributed by atoms with van der Waals surface area (Å²) in [6.45, 7) is 1.11. The number of aromatic amines is 1. The molecule has 0 saturated carbocycles. The van der Waals surface area contributed by atoms with Crippen LogP contribution in [0.3, 0.4) is 0 Å². The molecule has 2 heterocycles. The number of halogens is 1. The van der Waals surface area contributed by atoms with Crippen LogP contribution in [0.15, 0.2) is 12.1 Å². The van der Waals surface area contributed by atoms with Crippen LogP contribution >= 0.6 is 12.4 Å². The number of nitrogens with two attached hydrogens (primary N) is 1. The van der Waals surface area contributed by atoms with Gasteiger partial charge in [0, 0.05) is 25.2 Å². The van der Waals surface area contributed by atoms with E-state index in [-0.39, 0.29) is 35.9 Å². The van der Waals surface area contributed by atoms with E-state index in [1.807, 2.05) is 0 Å². The normalized spacial score (nSPS) is 18.9. The summed E-state index contributed by atoms with van der Waals surface area (Å²) in [5.41, 5.74) is 5.92. The number of carbonyl (C=O) groups is 1. The van der Waals surface area contributed by atoms with Crippen molar-refractivity contribution < 1.29 is 9.72 Å². The summed E-state index contributed by atoms with van der Waals surface area (Å²) in [4.78, 5) is 25.8. The van der Waals surface area contributed by atoms with Gasteiger partial charge in [0.05, 0.1) is 0 Å². The molecule has 1 aliphatic heterocycles. The van der Waals surface area contributed by atoms with E-state index in [0.717, 1.165) is 6.42 Å². The van der Waals surface area contributed by atoms with Gasteiger partial charge in [-0.3, -0.25) is 4.79 Å². The molecule has 17 heavy (non-hydrogen) atoms. The molecule has 1 saturated heterocycles. The van der Waals surface area contributed by atoms with Crippen LogP contribution in [0.4, 0.5) is 5.82 Å². The Morgan fingerprint density at radius 2 is 2.29 bits per heavy atom. The number of likely N-dealkylation sites (tertiary alicyclic amines) is 1. The van der Waals surface area contributed by atoms with Gasteiger partial charge in [-0.15, -0.1) is 12.4 Å². The lowest BCUT2D eigenvalue weighted by atomic mass is 10.3. The Labute approximate surface area is 104 Å². The molecule has 2 rings (SSSR count). The Hall–Kier alpha value is -1.60. The van der Waals surface area contributed by atoms with Crippen LogP contribution in [-0.4, -0.2) is 39.8 Å². The second kappa shape index (κ2) is 5.15. The third kappa shape index (κ3) is 2.75. The third-order valence-corrected chi connectivity index (χ3v) is 2.61. The Bertz CT molecular complexity index is 434. The zero-order valence-electron chi connectivity index (χ0n) is 8.96. The van der Waals surface area contributed by atoms with Gasteiger partial charge in [-0.05, 0) is 17.4 Å². The van der Waals surface area contributed by atoms with Gasteiger partial charge in [0.2, 0.25) is 0 Å². The maximum absolute atomic E-state index is 11.8. The second-order valence-corrected chi connectivity index (χ2v) is 3.81. The van der Waals surface area contributed by atoms with Gasteiger partial charge >= 0.3 is 5.82 Å². The first kappa shape index (κ1) is 13.5. The summed E-state index contributed by atoms with van der Waals surface area (Å²) in [5, 5.41) is 10.4. The van der Waals surface area contributed by atoms with E-state index in [9.17, 15) is 14.9 Å². The van der Waals surface area contributed by atoms with Gasteiger partial charge in [0.15, 0.2) is 5.69 Å². The first-order chi connectivity index (χ1) is 7.58. The van der Waals surface area contributed by atoms with E-state index in [2.05, 4.69) is 4.98 Å². The number of amides is 1. The fourth-order valence-electron chi connectivity index (χ4n) is 1.76. The fraction of sp³-hybridized carbons (Fsp3) is 0.444. The minimum Gasteiger partial charge on any atom is -0.358 e. The van der Waals surface area contributed by atoms with Crippen molar-refractivity contribution in [2.75, 3.05) is 13.1 Å². The third-order valence-electron chi connectivity index (χ3n) is 2.61. The standard InChI is InChI=1S/C9H12N4O3.ClH/c10-6-3-4-12(5-6)9(14)7-1-2-8(11-7)13(15)16;/h1-2,6,11H,3-5,10H2;1H. The Morgan fingerprint density at radius 1 is 1.59 bits per heavy atom. The largest absolute Gasteiger partial charge is 0.358 e. The first-order valence-corrected chi connectivity index (χ1v) is 4.96. The van der Waals surface area contributed by atoms with Crippen molar-refractivity contribution in [1.82, 2.24) is 9.88 Å². The number of nitro groups is 1. The average Bonchev–Trinajstić information content (AvgIpc) is 2.84. The zero-order valence-corrected chi connectivity index (χ0v) is 9.77. The molecule has 1 amide bonds. The highest BCUT2D eigenvalue weighted by molar-refractivity contribution is 5.93. The maximum atomic E-state index is 11.8. The molecule has 1 aromatic rings. The fourth-order valence-corrected chi connectivity index (χ4v) is 1.76. The van der Waals surface area contributed by atoms with Crippen LogP contribution in [0.25, 0.3) is 0 Å². The molecule has 1 atom stereocenters. The van der Waals surface area contributed by atoms with Gasteiger partial charge in [0.1, 0.15) is 0 Å². The monoisotopic (exact) mass is 260 g/mol. The van der Waals surface area contributed by atoms with Crippen LogP contribution in [0.5, 0.6) is 0 Å². The lowest BCUT2D eigenvalue weighted by Crippen LogP contribution is -2.32. The van der Waals surface area contributed by atoms with E-state index in [0.29, 0.717) is 13.1 Å². The molecule has 1 aromatic heterocycles. The minimum atomic E-state index is -0.563. The quantitative estimate of drug-likeness (QED) is 0.597. The van der Waals surface area contributed by atoms with Crippen molar-refractivity contribution in [1.29, 1.82) is 0 Å². The van der Waals surface area contributed by atoms with E-state index in [1.165, 1.54) is 12.1 Å². The van der Waals surface area contributed by atoms with Gasteiger partial charge in [0.25, 0.3) is 5.91 Å². The summed E-state index contributed by atoms with van der Waals surface area (Å²) >= 11 is 0. The number of nitrogens with one attached hydrogen (secondary N) is 1. The lowest BCUT2D eigenvalue weighted by molar-refractivity contribution is -0.389. The summed E-state index contributed by atoms with van der Waals surface area (Å²) in [6, 6.07) is 2.71. The topological polar surface area (TPSA) is 105 Å². The van der Waals surface area contributed by atoms with Crippen LogP contribution < -0.4 is 5.73 Å². The number of H-pyrrole nitrogens is 1.